The van der Waals surface area contributed by atoms with Gasteiger partial charge in [-0.15, -0.1) is 0 Å². The third-order valence-corrected chi connectivity index (χ3v) is 3.20. The van der Waals surface area contributed by atoms with Gasteiger partial charge in [0.2, 0.25) is 5.88 Å². The summed E-state index contributed by atoms with van der Waals surface area (Å²) in [4.78, 5) is 17.7. The van der Waals surface area contributed by atoms with Crippen LogP contribution in [0.3, 0.4) is 0 Å². The predicted octanol–water partition coefficient (Wildman–Crippen LogP) is 3.68. The largest absolute Gasteiger partial charge is 0.481 e. The number of hydrogen-bond donors (Lipinski definition) is 0. The summed E-state index contributed by atoms with van der Waals surface area (Å²) in [5, 5.41) is 0. The standard InChI is InChI=1S/C17H20N2O3/c1-4-6-13-9-11-14(12-10-13)22-17(20)19(2)15-7-5-8-16(18-15)21-3/h5,7-12H,4,6H2,1-3H3. The van der Waals surface area contributed by atoms with Crippen LogP contribution in [0.5, 0.6) is 11.6 Å². The lowest BCUT2D eigenvalue weighted by molar-refractivity contribution is 0.209. The van der Waals surface area contributed by atoms with Gasteiger partial charge in [-0.2, -0.15) is 4.98 Å². The van der Waals surface area contributed by atoms with Crippen LogP contribution in [0, 0.1) is 0 Å². The van der Waals surface area contributed by atoms with Crippen molar-refractivity contribution in [3.8, 4) is 11.6 Å². The highest BCUT2D eigenvalue weighted by molar-refractivity contribution is 5.87. The van der Waals surface area contributed by atoms with E-state index in [9.17, 15) is 4.79 Å². The first-order valence-corrected chi connectivity index (χ1v) is 7.19. The fraction of sp³-hybridized carbons (Fsp3) is 0.294. The molecule has 116 valence electrons. The molecular weight excluding hydrogens is 280 g/mol. The van der Waals surface area contributed by atoms with Gasteiger partial charge in [-0.05, 0) is 30.2 Å². The second-order valence-corrected chi connectivity index (χ2v) is 4.86. The second-order valence-electron chi connectivity index (χ2n) is 4.86. The van der Waals surface area contributed by atoms with Gasteiger partial charge in [-0.3, -0.25) is 4.90 Å². The van der Waals surface area contributed by atoms with Crippen LogP contribution in [0.1, 0.15) is 18.9 Å². The molecule has 0 unspecified atom stereocenters. The topological polar surface area (TPSA) is 51.7 Å². The molecule has 1 aromatic carbocycles. The Hall–Kier alpha value is -2.56. The number of amides is 1. The molecule has 1 heterocycles. The number of aromatic nitrogens is 1. The minimum absolute atomic E-state index is 0.445. The molecule has 0 atom stereocenters. The maximum Gasteiger partial charge on any atom is 0.420 e. The van der Waals surface area contributed by atoms with E-state index in [1.807, 2.05) is 12.1 Å². The van der Waals surface area contributed by atoms with Crippen LogP contribution in [0.25, 0.3) is 0 Å². The number of rotatable bonds is 5. The summed E-state index contributed by atoms with van der Waals surface area (Å²) in [6.07, 6.45) is 1.61. The molecule has 0 saturated carbocycles. The average Bonchev–Trinajstić information content (AvgIpc) is 2.56. The van der Waals surface area contributed by atoms with Gasteiger partial charge in [-0.1, -0.05) is 31.5 Å². The summed E-state index contributed by atoms with van der Waals surface area (Å²) >= 11 is 0. The van der Waals surface area contributed by atoms with E-state index in [2.05, 4.69) is 11.9 Å². The van der Waals surface area contributed by atoms with Gasteiger partial charge in [0.05, 0.1) is 7.11 Å². The molecular formula is C17H20N2O3. The molecule has 22 heavy (non-hydrogen) atoms. The van der Waals surface area contributed by atoms with Gasteiger partial charge in [0, 0.05) is 13.1 Å². The number of pyridine rings is 1. The Labute approximate surface area is 130 Å². The van der Waals surface area contributed by atoms with Crippen LogP contribution in [0.2, 0.25) is 0 Å². The van der Waals surface area contributed by atoms with E-state index in [0.717, 1.165) is 12.8 Å². The van der Waals surface area contributed by atoms with Gasteiger partial charge < -0.3 is 9.47 Å². The van der Waals surface area contributed by atoms with Crippen molar-refractivity contribution in [3.05, 3.63) is 48.0 Å². The van der Waals surface area contributed by atoms with Crippen molar-refractivity contribution < 1.29 is 14.3 Å². The second kappa shape index (κ2) is 7.45. The molecule has 1 amide bonds. The molecule has 0 aliphatic rings. The summed E-state index contributed by atoms with van der Waals surface area (Å²) in [6.45, 7) is 2.13. The first kappa shape index (κ1) is 15.8. The molecule has 2 aromatic rings. The van der Waals surface area contributed by atoms with Crippen LogP contribution in [-0.4, -0.2) is 25.2 Å². The summed E-state index contributed by atoms with van der Waals surface area (Å²) in [6, 6.07) is 12.7. The number of carbonyl (C=O) groups is 1. The number of aryl methyl sites for hydroxylation is 1. The first-order valence-electron chi connectivity index (χ1n) is 7.19. The molecule has 5 nitrogen and oxygen atoms in total. The van der Waals surface area contributed by atoms with Gasteiger partial charge in [0.25, 0.3) is 0 Å². The molecule has 1 aromatic heterocycles. The zero-order chi connectivity index (χ0) is 15.9. The van der Waals surface area contributed by atoms with Crippen molar-refractivity contribution in [3.63, 3.8) is 0 Å². The summed E-state index contributed by atoms with van der Waals surface area (Å²) in [5.74, 6) is 1.42. The Bertz CT molecular complexity index is 626. The molecule has 0 N–H and O–H groups in total. The van der Waals surface area contributed by atoms with Crippen LogP contribution in [-0.2, 0) is 6.42 Å². The Morgan fingerprint density at radius 2 is 1.91 bits per heavy atom. The van der Waals surface area contributed by atoms with E-state index in [4.69, 9.17) is 9.47 Å². The lowest BCUT2D eigenvalue weighted by Crippen LogP contribution is -2.30. The van der Waals surface area contributed by atoms with Gasteiger partial charge in [-0.25, -0.2) is 4.79 Å². The quantitative estimate of drug-likeness (QED) is 0.845. The Morgan fingerprint density at radius 3 is 2.55 bits per heavy atom. The lowest BCUT2D eigenvalue weighted by atomic mass is 10.1. The van der Waals surface area contributed by atoms with Crippen LogP contribution < -0.4 is 14.4 Å². The fourth-order valence-corrected chi connectivity index (χ4v) is 1.98. The molecule has 5 heteroatoms. The average molecular weight is 300 g/mol. The normalized spacial score (nSPS) is 10.1. The molecule has 0 bridgehead atoms. The highest BCUT2D eigenvalue weighted by Gasteiger charge is 2.15. The van der Waals surface area contributed by atoms with Crippen molar-refractivity contribution in [1.82, 2.24) is 4.98 Å². The van der Waals surface area contributed by atoms with E-state index >= 15 is 0 Å². The zero-order valence-electron chi connectivity index (χ0n) is 13.1. The van der Waals surface area contributed by atoms with Crippen molar-refractivity contribution >= 4 is 11.9 Å². The van der Waals surface area contributed by atoms with Crippen LogP contribution in [0.4, 0.5) is 10.6 Å². The molecule has 2 rings (SSSR count). The lowest BCUT2D eigenvalue weighted by Gasteiger charge is -2.16. The number of hydrogen-bond acceptors (Lipinski definition) is 4. The smallest absolute Gasteiger partial charge is 0.420 e. The van der Waals surface area contributed by atoms with Crippen molar-refractivity contribution in [2.75, 3.05) is 19.1 Å². The number of methoxy groups -OCH3 is 1. The van der Waals surface area contributed by atoms with E-state index in [0.29, 0.717) is 17.4 Å². The number of anilines is 1. The van der Waals surface area contributed by atoms with Crippen molar-refractivity contribution in [2.24, 2.45) is 0 Å². The summed E-state index contributed by atoms with van der Waals surface area (Å²) < 4.78 is 10.4. The van der Waals surface area contributed by atoms with E-state index in [1.165, 1.54) is 17.6 Å². The maximum absolute atomic E-state index is 12.1. The van der Waals surface area contributed by atoms with Crippen LogP contribution >= 0.6 is 0 Å². The number of benzene rings is 1. The van der Waals surface area contributed by atoms with E-state index in [-0.39, 0.29) is 0 Å². The third-order valence-electron chi connectivity index (χ3n) is 3.20. The van der Waals surface area contributed by atoms with Gasteiger partial charge >= 0.3 is 6.09 Å². The van der Waals surface area contributed by atoms with Crippen LogP contribution in [0.15, 0.2) is 42.5 Å². The molecule has 0 saturated heterocycles. The van der Waals surface area contributed by atoms with E-state index < -0.39 is 6.09 Å². The SMILES string of the molecule is CCCc1ccc(OC(=O)N(C)c2cccc(OC)n2)cc1. The summed E-state index contributed by atoms with van der Waals surface area (Å²) in [7, 11) is 3.14. The molecule has 0 fully saturated rings. The Kier molecular flexibility index (Phi) is 5.36. The monoisotopic (exact) mass is 300 g/mol. The first-order chi connectivity index (χ1) is 10.6. The highest BCUT2D eigenvalue weighted by atomic mass is 16.6. The summed E-state index contributed by atoms with van der Waals surface area (Å²) in [5.41, 5.74) is 1.23. The van der Waals surface area contributed by atoms with E-state index in [1.54, 1.807) is 37.4 Å². The molecule has 0 aliphatic heterocycles. The number of carbonyl (C=O) groups excluding carboxylic acids is 1. The Balaban J connectivity index is 2.04. The molecule has 0 radical (unpaired) electrons. The highest BCUT2D eigenvalue weighted by Crippen LogP contribution is 2.18. The van der Waals surface area contributed by atoms with Gasteiger partial charge in [0.15, 0.2) is 0 Å². The minimum Gasteiger partial charge on any atom is -0.481 e. The molecule has 0 aliphatic carbocycles. The minimum atomic E-state index is -0.496. The Morgan fingerprint density at radius 1 is 1.18 bits per heavy atom. The fourth-order valence-electron chi connectivity index (χ4n) is 1.98. The van der Waals surface area contributed by atoms with Gasteiger partial charge in [0.1, 0.15) is 11.6 Å². The zero-order valence-corrected chi connectivity index (χ0v) is 13.1. The number of nitrogens with zero attached hydrogens (tertiary/aromatic N) is 2. The van der Waals surface area contributed by atoms with Crippen molar-refractivity contribution in [2.45, 2.75) is 19.8 Å². The molecule has 0 spiro atoms. The third kappa shape index (κ3) is 3.97. The predicted molar refractivity (Wildman–Crippen MR) is 85.7 cm³/mol. The maximum atomic E-state index is 12.1. The van der Waals surface area contributed by atoms with Crippen molar-refractivity contribution in [1.29, 1.82) is 0 Å². The number of ether oxygens (including phenoxy) is 2.